The molecule has 2 aromatic carbocycles. The Labute approximate surface area is 216 Å². The fourth-order valence-corrected chi connectivity index (χ4v) is 6.69. The Balaban J connectivity index is 1.15. The summed E-state index contributed by atoms with van der Waals surface area (Å²) in [6.07, 6.45) is -1.15. The van der Waals surface area contributed by atoms with Gasteiger partial charge in [0.1, 0.15) is 0 Å². The molecular weight excluding hydrogens is 497 g/mol. The van der Waals surface area contributed by atoms with Crippen LogP contribution >= 0.6 is 11.8 Å². The fourth-order valence-electron chi connectivity index (χ4n) is 5.82. The largest absolute Gasteiger partial charge is 0.416 e. The Morgan fingerprint density at radius 2 is 1.62 bits per heavy atom. The van der Waals surface area contributed by atoms with E-state index in [0.29, 0.717) is 37.1 Å². The molecule has 5 nitrogen and oxygen atoms in total. The summed E-state index contributed by atoms with van der Waals surface area (Å²) in [6, 6.07) is 19.9. The van der Waals surface area contributed by atoms with Gasteiger partial charge in [-0.15, -0.1) is 22.0 Å². The fraction of sp³-hybridized carbons (Fsp3) is 0.321. The molecule has 0 unspecified atom stereocenters. The van der Waals surface area contributed by atoms with E-state index in [0.717, 1.165) is 10.6 Å². The number of nitrogens with zero attached hydrogens (tertiary/aromatic N) is 4. The summed E-state index contributed by atoms with van der Waals surface area (Å²) in [4.78, 5) is 16.2. The number of aromatic nitrogens is 3. The summed E-state index contributed by atoms with van der Waals surface area (Å²) < 4.78 is 42.4. The molecule has 0 radical (unpaired) electrons. The van der Waals surface area contributed by atoms with Gasteiger partial charge >= 0.3 is 6.18 Å². The van der Waals surface area contributed by atoms with Crippen molar-refractivity contribution < 1.29 is 18.0 Å². The van der Waals surface area contributed by atoms with Crippen LogP contribution in [0.2, 0.25) is 0 Å². The van der Waals surface area contributed by atoms with E-state index in [-0.39, 0.29) is 29.5 Å². The van der Waals surface area contributed by atoms with Gasteiger partial charge in [-0.1, -0.05) is 48.5 Å². The Kier molecular flexibility index (Phi) is 6.18. The first-order valence-corrected chi connectivity index (χ1v) is 13.3. The lowest BCUT2D eigenvalue weighted by atomic mass is 9.91. The van der Waals surface area contributed by atoms with E-state index in [1.807, 2.05) is 36.5 Å². The Hall–Kier alpha value is -3.33. The van der Waals surface area contributed by atoms with Crippen LogP contribution in [0.15, 0.2) is 77.8 Å². The van der Waals surface area contributed by atoms with Crippen molar-refractivity contribution in [1.82, 2.24) is 19.5 Å². The maximum absolute atomic E-state index is 13.5. The van der Waals surface area contributed by atoms with Crippen LogP contribution in [0.3, 0.4) is 0 Å². The molecule has 1 aliphatic carbocycles. The number of halogens is 3. The third-order valence-electron chi connectivity index (χ3n) is 7.56. The number of carbonyl (C=O) groups excluding carboxylic acids is 1. The van der Waals surface area contributed by atoms with Crippen LogP contribution in [0, 0.1) is 11.8 Å². The zero-order valence-electron chi connectivity index (χ0n) is 19.9. The van der Waals surface area contributed by atoms with Gasteiger partial charge in [0, 0.05) is 29.9 Å². The lowest BCUT2D eigenvalue weighted by molar-refractivity contribution is -0.138. The maximum atomic E-state index is 13.5. The first-order valence-electron chi connectivity index (χ1n) is 12.3. The van der Waals surface area contributed by atoms with Crippen molar-refractivity contribution in [2.75, 3.05) is 13.1 Å². The highest BCUT2D eigenvalue weighted by Crippen LogP contribution is 2.49. The van der Waals surface area contributed by atoms with Crippen molar-refractivity contribution in [3.8, 4) is 0 Å². The highest BCUT2D eigenvalue weighted by Gasteiger charge is 2.45. The van der Waals surface area contributed by atoms with Crippen molar-refractivity contribution in [3.05, 3.63) is 95.4 Å². The van der Waals surface area contributed by atoms with Gasteiger partial charge < -0.3 is 4.90 Å². The van der Waals surface area contributed by atoms with E-state index in [4.69, 9.17) is 0 Å². The minimum Gasteiger partial charge on any atom is -0.335 e. The number of hydrogen-bond acceptors (Lipinski definition) is 4. The SMILES string of the molecule is O=C(c1nnc2ccc(SCc3ccccc3)cn12)N1C[C@H]2C[C@@H](c3ccccc3C(F)(F)F)C[C@H]2C1. The Bertz CT molecular complexity index is 1420. The van der Waals surface area contributed by atoms with Crippen LogP contribution in [-0.2, 0) is 11.9 Å². The first-order chi connectivity index (χ1) is 17.9. The topological polar surface area (TPSA) is 50.5 Å². The summed E-state index contributed by atoms with van der Waals surface area (Å²) in [5, 5.41) is 8.36. The number of fused-ring (bicyclic) bond motifs is 2. The van der Waals surface area contributed by atoms with E-state index in [2.05, 4.69) is 22.3 Å². The average Bonchev–Trinajstić information content (AvgIpc) is 3.60. The van der Waals surface area contributed by atoms with Crippen molar-refractivity contribution in [2.24, 2.45) is 11.8 Å². The van der Waals surface area contributed by atoms with Crippen LogP contribution in [0.4, 0.5) is 13.2 Å². The molecule has 1 saturated carbocycles. The second-order valence-corrected chi connectivity index (χ2v) is 10.9. The van der Waals surface area contributed by atoms with Gasteiger partial charge in [0.25, 0.3) is 5.91 Å². The molecule has 2 fully saturated rings. The molecule has 1 amide bonds. The number of hydrogen-bond donors (Lipinski definition) is 0. The van der Waals surface area contributed by atoms with Gasteiger partial charge in [-0.05, 0) is 59.9 Å². The molecule has 2 aliphatic rings. The van der Waals surface area contributed by atoms with Gasteiger partial charge in [0.2, 0.25) is 5.82 Å². The molecule has 3 atom stereocenters. The number of likely N-dealkylation sites (tertiary alicyclic amines) is 1. The number of pyridine rings is 1. The van der Waals surface area contributed by atoms with Crippen LogP contribution in [-0.4, -0.2) is 38.5 Å². The van der Waals surface area contributed by atoms with Crippen LogP contribution in [0.1, 0.15) is 46.1 Å². The molecule has 9 heteroatoms. The average molecular weight is 523 g/mol. The predicted octanol–water partition coefficient (Wildman–Crippen LogP) is 6.31. The zero-order valence-corrected chi connectivity index (χ0v) is 20.8. The predicted molar refractivity (Wildman–Crippen MR) is 135 cm³/mol. The van der Waals surface area contributed by atoms with Crippen molar-refractivity contribution in [1.29, 1.82) is 0 Å². The van der Waals surface area contributed by atoms with E-state index in [9.17, 15) is 18.0 Å². The quantitative estimate of drug-likeness (QED) is 0.289. The van der Waals surface area contributed by atoms with Gasteiger partial charge in [0.05, 0.1) is 5.56 Å². The summed E-state index contributed by atoms with van der Waals surface area (Å²) in [5.74, 6) is 1.14. The zero-order chi connectivity index (χ0) is 25.6. The molecule has 3 heterocycles. The third kappa shape index (κ3) is 4.72. The number of benzene rings is 2. The molecular formula is C28H25F3N4OS. The minimum absolute atomic E-state index is 0.136. The van der Waals surface area contributed by atoms with E-state index >= 15 is 0 Å². The van der Waals surface area contributed by atoms with Crippen molar-refractivity contribution >= 4 is 23.3 Å². The van der Waals surface area contributed by atoms with Crippen LogP contribution in [0.25, 0.3) is 5.65 Å². The lowest BCUT2D eigenvalue weighted by Gasteiger charge is -2.21. The van der Waals surface area contributed by atoms with Crippen LogP contribution < -0.4 is 0 Å². The van der Waals surface area contributed by atoms with E-state index in [1.54, 1.807) is 33.2 Å². The van der Waals surface area contributed by atoms with E-state index in [1.165, 1.54) is 17.7 Å². The molecule has 1 aliphatic heterocycles. The molecule has 1 saturated heterocycles. The summed E-state index contributed by atoms with van der Waals surface area (Å²) in [5.41, 5.74) is 1.66. The second kappa shape index (κ2) is 9.52. The number of alkyl halides is 3. The molecule has 0 spiro atoms. The van der Waals surface area contributed by atoms with E-state index < -0.39 is 11.7 Å². The molecule has 37 heavy (non-hydrogen) atoms. The van der Waals surface area contributed by atoms with Gasteiger partial charge in [-0.25, -0.2) is 0 Å². The number of thioether (sulfide) groups is 1. The number of carbonyl (C=O) groups is 1. The third-order valence-corrected chi connectivity index (χ3v) is 8.61. The van der Waals surface area contributed by atoms with Crippen molar-refractivity contribution in [3.63, 3.8) is 0 Å². The molecule has 4 aromatic rings. The van der Waals surface area contributed by atoms with Gasteiger partial charge in [-0.3, -0.25) is 9.20 Å². The lowest BCUT2D eigenvalue weighted by Crippen LogP contribution is -2.31. The first kappa shape index (κ1) is 24.0. The molecule has 0 N–H and O–H groups in total. The highest BCUT2D eigenvalue weighted by atomic mass is 32.2. The Morgan fingerprint density at radius 3 is 2.35 bits per heavy atom. The summed E-state index contributed by atoms with van der Waals surface area (Å²) in [7, 11) is 0. The molecule has 6 rings (SSSR count). The minimum atomic E-state index is -4.36. The van der Waals surface area contributed by atoms with Gasteiger partial charge in [-0.2, -0.15) is 13.2 Å². The summed E-state index contributed by atoms with van der Waals surface area (Å²) in [6.45, 7) is 1.07. The molecule has 2 aromatic heterocycles. The van der Waals surface area contributed by atoms with Crippen molar-refractivity contribution in [2.45, 2.75) is 35.6 Å². The smallest absolute Gasteiger partial charge is 0.335 e. The monoisotopic (exact) mass is 522 g/mol. The standard InChI is InChI=1S/C28H25F3N4OS/c29-28(30,31)24-9-5-4-8-23(24)19-12-20-14-34(15-21(20)13-19)27(36)26-33-32-25-11-10-22(16-35(25)26)37-17-18-6-2-1-3-7-18/h1-11,16,19-21H,12-15,17H2/t19-,20-,21+. The maximum Gasteiger partial charge on any atom is 0.416 e. The number of rotatable bonds is 5. The molecule has 190 valence electrons. The summed E-state index contributed by atoms with van der Waals surface area (Å²) >= 11 is 1.68. The normalized spacial score (nSPS) is 21.5. The second-order valence-electron chi connectivity index (χ2n) is 9.87. The number of amides is 1. The van der Waals surface area contributed by atoms with Crippen LogP contribution in [0.5, 0.6) is 0 Å². The highest BCUT2D eigenvalue weighted by molar-refractivity contribution is 7.98. The Morgan fingerprint density at radius 1 is 0.919 bits per heavy atom. The molecule has 0 bridgehead atoms. The van der Waals surface area contributed by atoms with Gasteiger partial charge in [0.15, 0.2) is 5.65 Å².